The molecule has 0 radical (unpaired) electrons. The standard InChI is InChI=1S/C18H27NO3S/c1-4-19(5-2)18(13-7-6-8-14-18)17(20)15-9-11-16(12-10-15)23(3,21)22/h9-12H,4-8,13-14H2,1-3H3. The predicted molar refractivity (Wildman–Crippen MR) is 92.6 cm³/mol. The Labute approximate surface area is 139 Å². The van der Waals surface area contributed by atoms with Gasteiger partial charge in [-0.05, 0) is 38.1 Å². The molecule has 2 rings (SSSR count). The second-order valence-corrected chi connectivity index (χ2v) is 8.41. The normalized spacial score (nSPS) is 18.1. The molecule has 0 spiro atoms. The minimum atomic E-state index is -3.23. The van der Waals surface area contributed by atoms with Gasteiger partial charge in [0.1, 0.15) is 0 Å². The highest BCUT2D eigenvalue weighted by atomic mass is 32.2. The Morgan fingerprint density at radius 1 is 1.04 bits per heavy atom. The van der Waals surface area contributed by atoms with Crippen molar-refractivity contribution in [2.24, 2.45) is 0 Å². The minimum absolute atomic E-state index is 0.140. The molecule has 0 saturated heterocycles. The molecule has 23 heavy (non-hydrogen) atoms. The van der Waals surface area contributed by atoms with Crippen LogP contribution in [0, 0.1) is 0 Å². The van der Waals surface area contributed by atoms with E-state index >= 15 is 0 Å². The van der Waals surface area contributed by atoms with Gasteiger partial charge in [-0.25, -0.2) is 8.42 Å². The van der Waals surface area contributed by atoms with Gasteiger partial charge in [-0.15, -0.1) is 0 Å². The zero-order chi connectivity index (χ0) is 17.1. The van der Waals surface area contributed by atoms with E-state index in [9.17, 15) is 13.2 Å². The van der Waals surface area contributed by atoms with Gasteiger partial charge in [-0.1, -0.05) is 45.2 Å². The molecule has 0 unspecified atom stereocenters. The molecule has 0 aromatic heterocycles. The molecule has 1 aromatic carbocycles. The molecule has 0 bridgehead atoms. The predicted octanol–water partition coefficient (Wildman–Crippen LogP) is 3.32. The lowest BCUT2D eigenvalue weighted by Crippen LogP contribution is -2.55. The fraction of sp³-hybridized carbons (Fsp3) is 0.611. The molecule has 1 saturated carbocycles. The van der Waals surface area contributed by atoms with Crippen LogP contribution in [-0.2, 0) is 9.84 Å². The molecule has 128 valence electrons. The number of Topliss-reactive ketones (excluding diaryl/α,β-unsaturated/α-hetero) is 1. The van der Waals surface area contributed by atoms with E-state index in [-0.39, 0.29) is 10.7 Å². The van der Waals surface area contributed by atoms with Gasteiger partial charge >= 0.3 is 0 Å². The Morgan fingerprint density at radius 3 is 2.00 bits per heavy atom. The summed E-state index contributed by atoms with van der Waals surface area (Å²) in [5.74, 6) is 0.140. The Bertz CT molecular complexity index is 639. The summed E-state index contributed by atoms with van der Waals surface area (Å²) in [5.41, 5.74) is 0.195. The monoisotopic (exact) mass is 337 g/mol. The first-order valence-electron chi connectivity index (χ1n) is 8.45. The molecular formula is C18H27NO3S. The van der Waals surface area contributed by atoms with E-state index in [4.69, 9.17) is 0 Å². The number of benzene rings is 1. The summed E-state index contributed by atoms with van der Waals surface area (Å²) in [6.45, 7) is 5.90. The first-order chi connectivity index (χ1) is 10.8. The molecule has 0 amide bonds. The van der Waals surface area contributed by atoms with Gasteiger partial charge < -0.3 is 0 Å². The van der Waals surface area contributed by atoms with Crippen molar-refractivity contribution in [1.82, 2.24) is 4.90 Å². The van der Waals surface area contributed by atoms with Crippen LogP contribution in [0.3, 0.4) is 0 Å². The molecule has 0 N–H and O–H groups in total. The van der Waals surface area contributed by atoms with Crippen LogP contribution in [0.15, 0.2) is 29.2 Å². The van der Waals surface area contributed by atoms with Gasteiger partial charge in [0.25, 0.3) is 0 Å². The van der Waals surface area contributed by atoms with E-state index in [0.717, 1.165) is 38.8 Å². The summed E-state index contributed by atoms with van der Waals surface area (Å²) in [6, 6.07) is 6.42. The minimum Gasteiger partial charge on any atom is -0.292 e. The van der Waals surface area contributed by atoms with E-state index in [1.807, 2.05) is 0 Å². The van der Waals surface area contributed by atoms with Gasteiger partial charge in [-0.2, -0.15) is 0 Å². The number of hydrogen-bond donors (Lipinski definition) is 0. The SMILES string of the molecule is CCN(CC)C1(C(=O)c2ccc(S(C)(=O)=O)cc2)CCCCC1. The van der Waals surface area contributed by atoms with Crippen molar-refractivity contribution >= 4 is 15.6 Å². The largest absolute Gasteiger partial charge is 0.292 e. The molecule has 1 aliphatic rings. The van der Waals surface area contributed by atoms with Crippen molar-refractivity contribution in [3.63, 3.8) is 0 Å². The van der Waals surface area contributed by atoms with Gasteiger partial charge in [0.2, 0.25) is 0 Å². The summed E-state index contributed by atoms with van der Waals surface area (Å²) >= 11 is 0. The summed E-state index contributed by atoms with van der Waals surface area (Å²) in [5, 5.41) is 0. The number of nitrogens with zero attached hydrogens (tertiary/aromatic N) is 1. The number of hydrogen-bond acceptors (Lipinski definition) is 4. The average Bonchev–Trinajstić information content (AvgIpc) is 2.55. The van der Waals surface area contributed by atoms with E-state index in [2.05, 4.69) is 18.7 Å². The van der Waals surface area contributed by atoms with Crippen LogP contribution in [0.5, 0.6) is 0 Å². The maximum Gasteiger partial charge on any atom is 0.183 e. The summed E-state index contributed by atoms with van der Waals surface area (Å²) in [7, 11) is -3.23. The third kappa shape index (κ3) is 3.66. The smallest absolute Gasteiger partial charge is 0.183 e. The van der Waals surface area contributed by atoms with E-state index in [1.54, 1.807) is 24.3 Å². The summed E-state index contributed by atoms with van der Waals surface area (Å²) in [4.78, 5) is 15.8. The van der Waals surface area contributed by atoms with Gasteiger partial charge in [0.15, 0.2) is 15.6 Å². The zero-order valence-electron chi connectivity index (χ0n) is 14.3. The quantitative estimate of drug-likeness (QED) is 0.747. The van der Waals surface area contributed by atoms with Crippen molar-refractivity contribution in [2.75, 3.05) is 19.3 Å². The fourth-order valence-electron chi connectivity index (χ4n) is 3.77. The average molecular weight is 337 g/mol. The van der Waals surface area contributed by atoms with Crippen LogP contribution in [0.4, 0.5) is 0 Å². The van der Waals surface area contributed by atoms with E-state index < -0.39 is 15.4 Å². The maximum absolute atomic E-state index is 13.3. The lowest BCUT2D eigenvalue weighted by atomic mass is 9.75. The molecule has 0 atom stereocenters. The first-order valence-corrected chi connectivity index (χ1v) is 10.3. The molecule has 1 aromatic rings. The Hall–Kier alpha value is -1.20. The van der Waals surface area contributed by atoms with Crippen molar-refractivity contribution in [3.8, 4) is 0 Å². The zero-order valence-corrected chi connectivity index (χ0v) is 15.2. The number of carbonyl (C=O) groups is 1. The summed E-state index contributed by atoms with van der Waals surface area (Å²) in [6.07, 6.45) is 6.29. The number of rotatable bonds is 6. The van der Waals surface area contributed by atoms with Gasteiger partial charge in [-0.3, -0.25) is 9.69 Å². The Kier molecular flexibility index (Phi) is 5.63. The highest BCUT2D eigenvalue weighted by Crippen LogP contribution is 2.36. The molecular weight excluding hydrogens is 310 g/mol. The Balaban J connectivity index is 2.37. The fourth-order valence-corrected chi connectivity index (χ4v) is 4.41. The third-order valence-corrected chi connectivity index (χ3v) is 6.15. The molecule has 5 heteroatoms. The van der Waals surface area contributed by atoms with Crippen LogP contribution in [0.1, 0.15) is 56.3 Å². The van der Waals surface area contributed by atoms with Crippen molar-refractivity contribution in [1.29, 1.82) is 0 Å². The highest BCUT2D eigenvalue weighted by Gasteiger charge is 2.43. The summed E-state index contributed by atoms with van der Waals surface area (Å²) < 4.78 is 23.2. The molecule has 0 aliphatic heterocycles. The van der Waals surface area contributed by atoms with Crippen LogP contribution in [-0.4, -0.2) is 44.0 Å². The van der Waals surface area contributed by atoms with Gasteiger partial charge in [0.05, 0.1) is 10.4 Å². The number of ketones is 1. The van der Waals surface area contributed by atoms with Crippen molar-refractivity contribution < 1.29 is 13.2 Å². The van der Waals surface area contributed by atoms with Gasteiger partial charge in [0, 0.05) is 11.8 Å². The lowest BCUT2D eigenvalue weighted by molar-refractivity contribution is 0.0418. The van der Waals surface area contributed by atoms with E-state index in [0.29, 0.717) is 5.56 Å². The topological polar surface area (TPSA) is 54.5 Å². The second-order valence-electron chi connectivity index (χ2n) is 6.39. The van der Waals surface area contributed by atoms with Crippen LogP contribution in [0.25, 0.3) is 0 Å². The highest BCUT2D eigenvalue weighted by molar-refractivity contribution is 7.90. The number of carbonyl (C=O) groups excluding carboxylic acids is 1. The van der Waals surface area contributed by atoms with Crippen LogP contribution in [0.2, 0.25) is 0 Å². The molecule has 4 nitrogen and oxygen atoms in total. The van der Waals surface area contributed by atoms with Crippen molar-refractivity contribution in [3.05, 3.63) is 29.8 Å². The number of sulfone groups is 1. The Morgan fingerprint density at radius 2 is 1.57 bits per heavy atom. The first kappa shape index (κ1) is 18.1. The third-order valence-electron chi connectivity index (χ3n) is 5.02. The molecule has 1 fully saturated rings. The van der Waals surface area contributed by atoms with Crippen molar-refractivity contribution in [2.45, 2.75) is 56.4 Å². The molecule has 0 heterocycles. The maximum atomic E-state index is 13.3. The number of likely N-dealkylation sites (N-methyl/N-ethyl adjacent to an activating group) is 1. The lowest BCUT2D eigenvalue weighted by Gasteiger charge is -2.44. The second kappa shape index (κ2) is 7.14. The van der Waals surface area contributed by atoms with E-state index in [1.165, 1.54) is 12.7 Å². The van der Waals surface area contributed by atoms with Crippen LogP contribution >= 0.6 is 0 Å². The molecule has 1 aliphatic carbocycles. The van der Waals surface area contributed by atoms with Crippen LogP contribution < -0.4 is 0 Å².